The third-order valence-electron chi connectivity index (χ3n) is 3.11. The molecular weight excluding hydrogens is 326 g/mol. The van der Waals surface area contributed by atoms with E-state index in [0.29, 0.717) is 23.7 Å². The Labute approximate surface area is 142 Å². The van der Waals surface area contributed by atoms with E-state index in [2.05, 4.69) is 16.2 Å². The summed E-state index contributed by atoms with van der Waals surface area (Å²) < 4.78 is 10.5. The molecule has 0 bridgehead atoms. The molecule has 1 N–H and O–H groups in total. The number of nitriles is 1. The number of phenols is 1. The highest BCUT2D eigenvalue weighted by Crippen LogP contribution is 2.29. The number of hydrogen-bond donors (Lipinski definition) is 1. The maximum Gasteiger partial charge on any atom is 0.268 e. The van der Waals surface area contributed by atoms with Crippen LogP contribution in [0.4, 0.5) is 0 Å². The van der Waals surface area contributed by atoms with E-state index in [1.165, 1.54) is 17.4 Å². The van der Waals surface area contributed by atoms with Gasteiger partial charge < -0.3 is 14.4 Å². The molecular formula is C17H13N3O3S. The highest BCUT2D eigenvalue weighted by molar-refractivity contribution is 7.13. The van der Waals surface area contributed by atoms with Crippen LogP contribution in [0.5, 0.6) is 11.5 Å². The Morgan fingerprint density at radius 3 is 3.04 bits per heavy atom. The Morgan fingerprint density at radius 1 is 1.46 bits per heavy atom. The van der Waals surface area contributed by atoms with Crippen molar-refractivity contribution in [2.45, 2.75) is 6.92 Å². The van der Waals surface area contributed by atoms with Gasteiger partial charge in [-0.1, -0.05) is 17.3 Å². The molecule has 0 atom stereocenters. The van der Waals surface area contributed by atoms with E-state index < -0.39 is 0 Å². The number of benzene rings is 1. The van der Waals surface area contributed by atoms with Gasteiger partial charge in [-0.3, -0.25) is 0 Å². The quantitative estimate of drug-likeness (QED) is 0.707. The zero-order chi connectivity index (χ0) is 16.9. The van der Waals surface area contributed by atoms with Gasteiger partial charge in [0.1, 0.15) is 11.6 Å². The van der Waals surface area contributed by atoms with Crippen LogP contribution < -0.4 is 4.74 Å². The molecule has 0 aliphatic heterocycles. The van der Waals surface area contributed by atoms with Crippen LogP contribution in [0.25, 0.3) is 22.4 Å². The molecule has 0 aliphatic carbocycles. The van der Waals surface area contributed by atoms with E-state index in [1.54, 1.807) is 18.2 Å². The minimum Gasteiger partial charge on any atom is -0.504 e. The van der Waals surface area contributed by atoms with Crippen LogP contribution in [0.1, 0.15) is 18.4 Å². The number of phenolic OH excluding ortho intramolecular Hbond substituents is 1. The molecule has 0 amide bonds. The maximum absolute atomic E-state index is 9.73. The Kier molecular flexibility index (Phi) is 4.59. The minimum atomic E-state index is 0.0466. The molecule has 0 unspecified atom stereocenters. The second-order valence-electron chi connectivity index (χ2n) is 4.73. The number of aromatic hydroxyl groups is 1. The van der Waals surface area contributed by atoms with E-state index in [1.807, 2.05) is 24.4 Å². The second-order valence-corrected chi connectivity index (χ2v) is 5.68. The van der Waals surface area contributed by atoms with Gasteiger partial charge in [0.25, 0.3) is 5.89 Å². The topological polar surface area (TPSA) is 92.2 Å². The van der Waals surface area contributed by atoms with E-state index in [4.69, 9.17) is 9.26 Å². The monoisotopic (exact) mass is 339 g/mol. The zero-order valence-electron chi connectivity index (χ0n) is 12.8. The molecule has 6 nitrogen and oxygen atoms in total. The van der Waals surface area contributed by atoms with Crippen LogP contribution >= 0.6 is 11.3 Å². The molecule has 2 aromatic heterocycles. The molecule has 1 aromatic carbocycles. The van der Waals surface area contributed by atoms with Gasteiger partial charge in [-0.2, -0.15) is 10.2 Å². The van der Waals surface area contributed by atoms with Crippen LogP contribution in [0.2, 0.25) is 0 Å². The van der Waals surface area contributed by atoms with Crippen molar-refractivity contribution in [1.29, 1.82) is 5.26 Å². The number of aromatic nitrogens is 2. The lowest BCUT2D eigenvalue weighted by Crippen LogP contribution is -1.92. The van der Waals surface area contributed by atoms with Crippen molar-refractivity contribution >= 4 is 23.0 Å². The van der Waals surface area contributed by atoms with Crippen molar-refractivity contribution < 1.29 is 14.4 Å². The molecule has 2 heterocycles. The lowest BCUT2D eigenvalue weighted by Gasteiger charge is -2.06. The summed E-state index contributed by atoms with van der Waals surface area (Å²) in [6.45, 7) is 2.26. The summed E-state index contributed by atoms with van der Waals surface area (Å²) in [5.41, 5.74) is 0.919. The number of allylic oxidation sites excluding steroid dienone is 1. The molecule has 3 aromatic rings. The van der Waals surface area contributed by atoms with Gasteiger partial charge in [0, 0.05) is 0 Å². The zero-order valence-corrected chi connectivity index (χ0v) is 13.6. The molecule has 0 fully saturated rings. The third-order valence-corrected chi connectivity index (χ3v) is 3.98. The number of hydrogen-bond acceptors (Lipinski definition) is 7. The summed E-state index contributed by atoms with van der Waals surface area (Å²) in [5, 5.41) is 24.9. The number of thiophene rings is 1. The minimum absolute atomic E-state index is 0.0466. The van der Waals surface area contributed by atoms with Crippen molar-refractivity contribution in [3.8, 4) is 28.3 Å². The summed E-state index contributed by atoms with van der Waals surface area (Å²) in [6.07, 6.45) is 1.60. The summed E-state index contributed by atoms with van der Waals surface area (Å²) in [7, 11) is 0. The second kappa shape index (κ2) is 6.98. The SMILES string of the molecule is CCOc1cc(/C=C(\C#N)c2nc(-c3cccs3)no2)ccc1O. The Balaban J connectivity index is 1.93. The Morgan fingerprint density at radius 2 is 2.33 bits per heavy atom. The first kappa shape index (κ1) is 15.8. The average Bonchev–Trinajstić information content (AvgIpc) is 3.26. The molecule has 0 spiro atoms. The van der Waals surface area contributed by atoms with E-state index in [0.717, 1.165) is 4.88 Å². The van der Waals surface area contributed by atoms with E-state index in [9.17, 15) is 10.4 Å². The maximum atomic E-state index is 9.73. The van der Waals surface area contributed by atoms with Crippen molar-refractivity contribution in [1.82, 2.24) is 10.1 Å². The normalized spacial score (nSPS) is 11.2. The fourth-order valence-corrected chi connectivity index (χ4v) is 2.69. The molecule has 0 saturated carbocycles. The van der Waals surface area contributed by atoms with Crippen LogP contribution in [-0.2, 0) is 0 Å². The van der Waals surface area contributed by atoms with Gasteiger partial charge in [0.15, 0.2) is 11.5 Å². The largest absolute Gasteiger partial charge is 0.504 e. The Bertz CT molecular complexity index is 908. The first-order valence-corrected chi connectivity index (χ1v) is 8.04. The molecule has 120 valence electrons. The fourth-order valence-electron chi connectivity index (χ4n) is 2.04. The molecule has 0 aliphatic rings. The lowest BCUT2D eigenvalue weighted by atomic mass is 10.1. The van der Waals surface area contributed by atoms with E-state index >= 15 is 0 Å². The van der Waals surface area contributed by atoms with Gasteiger partial charge in [0.2, 0.25) is 5.82 Å². The first-order valence-electron chi connectivity index (χ1n) is 7.17. The molecule has 7 heteroatoms. The van der Waals surface area contributed by atoms with Crippen molar-refractivity contribution in [3.05, 3.63) is 47.2 Å². The smallest absolute Gasteiger partial charge is 0.268 e. The van der Waals surface area contributed by atoms with Crippen molar-refractivity contribution in [3.63, 3.8) is 0 Å². The summed E-state index contributed by atoms with van der Waals surface area (Å²) in [6, 6.07) is 10.7. The van der Waals surface area contributed by atoms with E-state index in [-0.39, 0.29) is 17.2 Å². The fraction of sp³-hybridized carbons (Fsp3) is 0.118. The third kappa shape index (κ3) is 3.29. The van der Waals surface area contributed by atoms with Gasteiger partial charge in [0.05, 0.1) is 11.5 Å². The molecule has 0 saturated heterocycles. The highest BCUT2D eigenvalue weighted by atomic mass is 32.1. The van der Waals surface area contributed by atoms with Crippen molar-refractivity contribution in [2.24, 2.45) is 0 Å². The predicted molar refractivity (Wildman–Crippen MR) is 90.4 cm³/mol. The molecule has 24 heavy (non-hydrogen) atoms. The van der Waals surface area contributed by atoms with Crippen LogP contribution in [0, 0.1) is 11.3 Å². The van der Waals surface area contributed by atoms with Gasteiger partial charge >= 0.3 is 0 Å². The number of rotatable bonds is 5. The summed E-state index contributed by atoms with van der Waals surface area (Å²) in [4.78, 5) is 5.12. The summed E-state index contributed by atoms with van der Waals surface area (Å²) >= 11 is 1.49. The van der Waals surface area contributed by atoms with Gasteiger partial charge in [-0.15, -0.1) is 11.3 Å². The molecule has 0 radical (unpaired) electrons. The van der Waals surface area contributed by atoms with Crippen molar-refractivity contribution in [2.75, 3.05) is 6.61 Å². The predicted octanol–water partition coefficient (Wildman–Crippen LogP) is 3.97. The van der Waals surface area contributed by atoms with Gasteiger partial charge in [-0.05, 0) is 42.1 Å². The van der Waals surface area contributed by atoms with Crippen LogP contribution in [0.3, 0.4) is 0 Å². The molecule has 3 rings (SSSR count). The number of ether oxygens (including phenoxy) is 1. The van der Waals surface area contributed by atoms with Crippen LogP contribution in [-0.4, -0.2) is 21.9 Å². The standard InChI is InChI=1S/C17H13N3O3S/c1-2-22-14-9-11(5-6-13(14)21)8-12(10-18)17-19-16(20-23-17)15-4-3-7-24-15/h3-9,21H,2H2,1H3/b12-8+. The summed E-state index contributed by atoms with van der Waals surface area (Å²) in [5.74, 6) is 0.993. The highest BCUT2D eigenvalue weighted by Gasteiger charge is 2.14. The average molecular weight is 339 g/mol. The van der Waals surface area contributed by atoms with Crippen LogP contribution in [0.15, 0.2) is 40.2 Å². The number of nitrogens with zero attached hydrogens (tertiary/aromatic N) is 3. The first-order chi connectivity index (χ1) is 11.7. The lowest BCUT2D eigenvalue weighted by molar-refractivity contribution is 0.318. The van der Waals surface area contributed by atoms with Gasteiger partial charge in [-0.25, -0.2) is 0 Å². The Hall–Kier alpha value is -3.11.